The molecule has 0 saturated heterocycles. The number of halogens is 2. The zero-order valence-electron chi connectivity index (χ0n) is 11.5. The molecule has 2 aromatic carbocycles. The molecule has 0 fully saturated rings. The third kappa shape index (κ3) is 3.09. The summed E-state index contributed by atoms with van der Waals surface area (Å²) in [6.45, 7) is 4.47. The average molecular weight is 310 g/mol. The van der Waals surface area contributed by atoms with Crippen molar-refractivity contribution in [3.8, 4) is 5.75 Å². The number of rotatable bonds is 4. The van der Waals surface area contributed by atoms with Crippen LogP contribution in [0, 0.1) is 6.92 Å². The molecule has 4 heteroatoms. The Morgan fingerprint density at radius 3 is 2.45 bits per heavy atom. The van der Waals surface area contributed by atoms with Gasteiger partial charge in [-0.3, -0.25) is 0 Å². The maximum absolute atomic E-state index is 6.33. The highest BCUT2D eigenvalue weighted by Crippen LogP contribution is 2.36. The van der Waals surface area contributed by atoms with Crippen LogP contribution in [-0.2, 0) is 0 Å². The van der Waals surface area contributed by atoms with Crippen LogP contribution >= 0.6 is 23.2 Å². The van der Waals surface area contributed by atoms with Crippen LogP contribution in [0.5, 0.6) is 5.75 Å². The van der Waals surface area contributed by atoms with E-state index in [-0.39, 0.29) is 6.04 Å². The van der Waals surface area contributed by atoms with Crippen molar-refractivity contribution < 1.29 is 4.74 Å². The second-order valence-corrected chi connectivity index (χ2v) is 5.39. The Bertz CT molecular complexity index is 613. The van der Waals surface area contributed by atoms with Crippen molar-refractivity contribution in [1.29, 1.82) is 0 Å². The summed E-state index contributed by atoms with van der Waals surface area (Å²) in [5.41, 5.74) is 9.29. The van der Waals surface area contributed by atoms with Crippen LogP contribution in [0.3, 0.4) is 0 Å². The molecule has 2 rings (SSSR count). The fourth-order valence-electron chi connectivity index (χ4n) is 2.15. The molecule has 0 heterocycles. The van der Waals surface area contributed by atoms with Crippen molar-refractivity contribution >= 4 is 23.2 Å². The molecular weight excluding hydrogens is 293 g/mol. The number of ether oxygens (including phenoxy) is 1. The first-order chi connectivity index (χ1) is 9.54. The molecule has 0 saturated carbocycles. The molecule has 0 radical (unpaired) electrons. The van der Waals surface area contributed by atoms with Gasteiger partial charge in [0.25, 0.3) is 0 Å². The first kappa shape index (κ1) is 15.2. The van der Waals surface area contributed by atoms with Gasteiger partial charge in [-0.1, -0.05) is 47.5 Å². The minimum absolute atomic E-state index is 0.308. The molecular formula is C16H17Cl2NO. The highest BCUT2D eigenvalue weighted by atomic mass is 35.5. The first-order valence-electron chi connectivity index (χ1n) is 6.47. The summed E-state index contributed by atoms with van der Waals surface area (Å²) in [6.07, 6.45) is 0. The van der Waals surface area contributed by atoms with Crippen molar-refractivity contribution in [3.05, 3.63) is 63.1 Å². The molecule has 0 amide bonds. The van der Waals surface area contributed by atoms with E-state index in [0.717, 1.165) is 16.7 Å². The van der Waals surface area contributed by atoms with Crippen molar-refractivity contribution in [2.24, 2.45) is 5.73 Å². The topological polar surface area (TPSA) is 35.2 Å². The van der Waals surface area contributed by atoms with Gasteiger partial charge in [-0.2, -0.15) is 0 Å². The lowest BCUT2D eigenvalue weighted by molar-refractivity contribution is 0.340. The van der Waals surface area contributed by atoms with Crippen LogP contribution in [0.25, 0.3) is 0 Å². The van der Waals surface area contributed by atoms with Gasteiger partial charge in [0.2, 0.25) is 0 Å². The van der Waals surface area contributed by atoms with Crippen LogP contribution in [0.2, 0.25) is 10.0 Å². The third-order valence-electron chi connectivity index (χ3n) is 3.21. The highest BCUT2D eigenvalue weighted by molar-refractivity contribution is 6.34. The lowest BCUT2D eigenvalue weighted by atomic mass is 9.96. The smallest absolute Gasteiger partial charge is 0.139 e. The predicted molar refractivity (Wildman–Crippen MR) is 84.8 cm³/mol. The fourth-order valence-corrected chi connectivity index (χ4v) is 2.65. The molecule has 1 unspecified atom stereocenters. The Hall–Kier alpha value is -1.22. The Morgan fingerprint density at radius 2 is 1.80 bits per heavy atom. The maximum atomic E-state index is 6.33. The molecule has 0 aliphatic heterocycles. The molecule has 1 atom stereocenters. The summed E-state index contributed by atoms with van der Waals surface area (Å²) in [7, 11) is 0. The largest absolute Gasteiger partial charge is 0.492 e. The number of hydrogen-bond acceptors (Lipinski definition) is 2. The van der Waals surface area contributed by atoms with E-state index in [1.54, 1.807) is 12.1 Å². The third-order valence-corrected chi connectivity index (χ3v) is 3.83. The summed E-state index contributed by atoms with van der Waals surface area (Å²) in [5, 5.41) is 1.09. The molecule has 0 bridgehead atoms. The van der Waals surface area contributed by atoms with E-state index in [0.29, 0.717) is 22.4 Å². The quantitative estimate of drug-likeness (QED) is 0.884. The first-order valence-corrected chi connectivity index (χ1v) is 7.23. The van der Waals surface area contributed by atoms with Gasteiger partial charge in [0.1, 0.15) is 5.75 Å². The molecule has 20 heavy (non-hydrogen) atoms. The fraction of sp³-hybridized carbons (Fsp3) is 0.250. The van der Waals surface area contributed by atoms with Gasteiger partial charge in [-0.25, -0.2) is 0 Å². The van der Waals surface area contributed by atoms with E-state index >= 15 is 0 Å². The average Bonchev–Trinajstić information content (AvgIpc) is 2.42. The monoisotopic (exact) mass is 309 g/mol. The molecule has 0 aliphatic rings. The van der Waals surface area contributed by atoms with Gasteiger partial charge in [0.15, 0.2) is 0 Å². The van der Waals surface area contributed by atoms with Crippen molar-refractivity contribution in [2.75, 3.05) is 6.61 Å². The minimum atomic E-state index is -0.308. The number of nitrogens with two attached hydrogens (primary N) is 1. The van der Waals surface area contributed by atoms with Gasteiger partial charge in [-0.05, 0) is 36.6 Å². The number of hydrogen-bond donors (Lipinski definition) is 1. The summed E-state index contributed by atoms with van der Waals surface area (Å²) in [4.78, 5) is 0. The molecule has 0 aliphatic carbocycles. The SMILES string of the molecule is CCOc1cc(Cl)c(C(N)c2ccccc2C)cc1Cl. The van der Waals surface area contributed by atoms with Gasteiger partial charge < -0.3 is 10.5 Å². The van der Waals surface area contributed by atoms with Crippen molar-refractivity contribution in [1.82, 2.24) is 0 Å². The van der Waals surface area contributed by atoms with Crippen LogP contribution in [-0.4, -0.2) is 6.61 Å². The van der Waals surface area contributed by atoms with Crippen molar-refractivity contribution in [2.45, 2.75) is 19.9 Å². The van der Waals surface area contributed by atoms with E-state index in [1.165, 1.54) is 0 Å². The predicted octanol–water partition coefficient (Wildman–Crippen LogP) is 4.75. The molecule has 0 spiro atoms. The lowest BCUT2D eigenvalue weighted by Gasteiger charge is -2.18. The van der Waals surface area contributed by atoms with E-state index in [4.69, 9.17) is 33.7 Å². The summed E-state index contributed by atoms with van der Waals surface area (Å²) in [6, 6.07) is 11.2. The normalized spacial score (nSPS) is 12.2. The Balaban J connectivity index is 2.43. The molecule has 2 N–H and O–H groups in total. The lowest BCUT2D eigenvalue weighted by Crippen LogP contribution is -2.14. The van der Waals surface area contributed by atoms with E-state index in [9.17, 15) is 0 Å². The highest BCUT2D eigenvalue weighted by Gasteiger charge is 2.17. The summed E-state index contributed by atoms with van der Waals surface area (Å²) >= 11 is 12.5. The molecule has 2 nitrogen and oxygen atoms in total. The summed E-state index contributed by atoms with van der Waals surface area (Å²) in [5.74, 6) is 0.583. The second kappa shape index (κ2) is 6.49. The van der Waals surface area contributed by atoms with E-state index < -0.39 is 0 Å². The zero-order chi connectivity index (χ0) is 14.7. The zero-order valence-corrected chi connectivity index (χ0v) is 13.0. The summed E-state index contributed by atoms with van der Waals surface area (Å²) < 4.78 is 5.42. The molecule has 0 aromatic heterocycles. The van der Waals surface area contributed by atoms with Crippen LogP contribution < -0.4 is 10.5 Å². The molecule has 106 valence electrons. The second-order valence-electron chi connectivity index (χ2n) is 4.57. The van der Waals surface area contributed by atoms with Crippen molar-refractivity contribution in [3.63, 3.8) is 0 Å². The van der Waals surface area contributed by atoms with Crippen LogP contribution in [0.4, 0.5) is 0 Å². The number of benzene rings is 2. The van der Waals surface area contributed by atoms with E-state index in [2.05, 4.69) is 0 Å². The van der Waals surface area contributed by atoms with Gasteiger partial charge >= 0.3 is 0 Å². The minimum Gasteiger partial charge on any atom is -0.492 e. The molecule has 2 aromatic rings. The van der Waals surface area contributed by atoms with Gasteiger partial charge in [-0.15, -0.1) is 0 Å². The Morgan fingerprint density at radius 1 is 1.10 bits per heavy atom. The van der Waals surface area contributed by atoms with Gasteiger partial charge in [0, 0.05) is 11.1 Å². The van der Waals surface area contributed by atoms with Gasteiger partial charge in [0.05, 0.1) is 17.7 Å². The Kier molecular flexibility index (Phi) is 4.92. The number of aryl methyl sites for hydroxylation is 1. The van der Waals surface area contributed by atoms with Crippen LogP contribution in [0.1, 0.15) is 29.7 Å². The van der Waals surface area contributed by atoms with E-state index in [1.807, 2.05) is 38.1 Å². The van der Waals surface area contributed by atoms with Crippen LogP contribution in [0.15, 0.2) is 36.4 Å². The Labute approximate surface area is 129 Å². The standard InChI is InChI=1S/C16H17Cl2NO/c1-3-20-15-9-13(17)12(8-14(15)18)16(19)11-7-5-4-6-10(11)2/h4-9,16H,3,19H2,1-2H3. The maximum Gasteiger partial charge on any atom is 0.139 e.